The Hall–Kier alpha value is -1.14. The van der Waals surface area contributed by atoms with Crippen molar-refractivity contribution < 1.29 is 4.79 Å². The van der Waals surface area contributed by atoms with Gasteiger partial charge in [-0.15, -0.1) is 0 Å². The van der Waals surface area contributed by atoms with Crippen molar-refractivity contribution in [1.82, 2.24) is 15.2 Å². The number of nitrogens with one attached hydrogen (secondary N) is 1. The SMILES string of the molecule is CN(C)c1ncc(Br)cc1C(=O)N1CCCNCC1. The molecule has 1 aromatic rings. The van der Waals surface area contributed by atoms with Gasteiger partial charge in [0.2, 0.25) is 0 Å². The van der Waals surface area contributed by atoms with E-state index in [0.717, 1.165) is 37.1 Å². The molecule has 104 valence electrons. The number of halogens is 1. The molecule has 0 radical (unpaired) electrons. The first-order valence-corrected chi connectivity index (χ1v) is 7.22. The van der Waals surface area contributed by atoms with E-state index in [9.17, 15) is 4.79 Å². The Morgan fingerprint density at radius 1 is 1.42 bits per heavy atom. The molecule has 0 aromatic carbocycles. The number of aromatic nitrogens is 1. The van der Waals surface area contributed by atoms with E-state index in [1.165, 1.54) is 0 Å². The summed E-state index contributed by atoms with van der Waals surface area (Å²) in [6.07, 6.45) is 2.71. The highest BCUT2D eigenvalue weighted by Crippen LogP contribution is 2.22. The Balaban J connectivity index is 2.28. The first-order valence-electron chi connectivity index (χ1n) is 6.42. The summed E-state index contributed by atoms with van der Waals surface area (Å²) < 4.78 is 0.828. The van der Waals surface area contributed by atoms with Crippen molar-refractivity contribution in [2.75, 3.05) is 45.2 Å². The van der Waals surface area contributed by atoms with Crippen molar-refractivity contribution in [1.29, 1.82) is 0 Å². The van der Waals surface area contributed by atoms with E-state index in [4.69, 9.17) is 0 Å². The van der Waals surface area contributed by atoms with E-state index < -0.39 is 0 Å². The fourth-order valence-corrected chi connectivity index (χ4v) is 2.50. The fraction of sp³-hybridized carbons (Fsp3) is 0.538. The lowest BCUT2D eigenvalue weighted by Gasteiger charge is -2.23. The zero-order valence-corrected chi connectivity index (χ0v) is 12.9. The number of rotatable bonds is 2. The number of carbonyl (C=O) groups is 1. The lowest BCUT2D eigenvalue weighted by Crippen LogP contribution is -2.35. The number of anilines is 1. The van der Waals surface area contributed by atoms with Gasteiger partial charge in [-0.2, -0.15) is 0 Å². The van der Waals surface area contributed by atoms with Crippen molar-refractivity contribution in [3.63, 3.8) is 0 Å². The average molecular weight is 327 g/mol. The van der Waals surface area contributed by atoms with Gasteiger partial charge in [-0.1, -0.05) is 0 Å². The van der Waals surface area contributed by atoms with E-state index in [1.54, 1.807) is 6.20 Å². The van der Waals surface area contributed by atoms with Crippen LogP contribution in [0.4, 0.5) is 5.82 Å². The number of nitrogens with zero attached hydrogens (tertiary/aromatic N) is 3. The maximum Gasteiger partial charge on any atom is 0.257 e. The van der Waals surface area contributed by atoms with Gasteiger partial charge in [-0.05, 0) is 35.0 Å². The van der Waals surface area contributed by atoms with Gasteiger partial charge in [0.25, 0.3) is 5.91 Å². The molecular weight excluding hydrogens is 308 g/mol. The largest absolute Gasteiger partial charge is 0.362 e. The van der Waals surface area contributed by atoms with Crippen molar-refractivity contribution in [3.05, 3.63) is 22.3 Å². The molecular formula is C13H19BrN4O. The van der Waals surface area contributed by atoms with Crippen LogP contribution in [-0.2, 0) is 0 Å². The zero-order valence-electron chi connectivity index (χ0n) is 11.3. The summed E-state index contributed by atoms with van der Waals surface area (Å²) in [6, 6.07) is 1.85. The summed E-state index contributed by atoms with van der Waals surface area (Å²) in [4.78, 5) is 20.7. The summed E-state index contributed by atoms with van der Waals surface area (Å²) >= 11 is 3.39. The van der Waals surface area contributed by atoms with E-state index >= 15 is 0 Å². The Morgan fingerprint density at radius 2 is 2.21 bits per heavy atom. The first kappa shape index (κ1) is 14.3. The Bertz CT molecular complexity index is 456. The summed E-state index contributed by atoms with van der Waals surface area (Å²) in [7, 11) is 3.80. The molecule has 0 saturated carbocycles. The number of amides is 1. The number of pyridine rings is 1. The van der Waals surface area contributed by atoms with Crippen LogP contribution in [-0.4, -0.2) is 56.1 Å². The van der Waals surface area contributed by atoms with Crippen LogP contribution in [0.5, 0.6) is 0 Å². The van der Waals surface area contributed by atoms with Crippen LogP contribution in [0.25, 0.3) is 0 Å². The smallest absolute Gasteiger partial charge is 0.257 e. The van der Waals surface area contributed by atoms with Crippen LogP contribution in [0, 0.1) is 0 Å². The molecule has 1 aliphatic rings. The molecule has 1 fully saturated rings. The number of carbonyl (C=O) groups excluding carboxylic acids is 1. The van der Waals surface area contributed by atoms with Crippen molar-refractivity contribution in [3.8, 4) is 0 Å². The molecule has 0 unspecified atom stereocenters. The highest BCUT2D eigenvalue weighted by molar-refractivity contribution is 9.10. The average Bonchev–Trinajstić information content (AvgIpc) is 2.66. The molecule has 0 bridgehead atoms. The van der Waals surface area contributed by atoms with Gasteiger partial charge >= 0.3 is 0 Å². The number of hydrogen-bond donors (Lipinski definition) is 1. The monoisotopic (exact) mass is 326 g/mol. The predicted molar refractivity (Wildman–Crippen MR) is 79.7 cm³/mol. The molecule has 1 aliphatic heterocycles. The molecule has 6 heteroatoms. The second-order valence-corrected chi connectivity index (χ2v) is 5.73. The number of hydrogen-bond acceptors (Lipinski definition) is 4. The van der Waals surface area contributed by atoms with Gasteiger partial charge in [0.05, 0.1) is 5.56 Å². The van der Waals surface area contributed by atoms with E-state index in [-0.39, 0.29) is 5.91 Å². The second kappa shape index (κ2) is 6.34. The summed E-state index contributed by atoms with van der Waals surface area (Å²) in [5.74, 6) is 0.770. The standard InChI is InChI=1S/C13H19BrN4O/c1-17(2)12-11(8-10(14)9-16-12)13(19)18-6-3-4-15-5-7-18/h8-9,15H,3-7H2,1-2H3. The molecule has 1 saturated heterocycles. The van der Waals surface area contributed by atoms with Gasteiger partial charge in [0.15, 0.2) is 0 Å². The van der Waals surface area contributed by atoms with Gasteiger partial charge in [-0.25, -0.2) is 4.98 Å². The molecule has 1 N–H and O–H groups in total. The lowest BCUT2D eigenvalue weighted by atomic mass is 10.2. The molecule has 2 heterocycles. The first-order chi connectivity index (χ1) is 9.09. The highest BCUT2D eigenvalue weighted by Gasteiger charge is 2.21. The Kier molecular flexibility index (Phi) is 4.76. The second-order valence-electron chi connectivity index (χ2n) is 4.81. The quantitative estimate of drug-likeness (QED) is 0.891. The fourth-order valence-electron chi connectivity index (χ4n) is 2.16. The van der Waals surface area contributed by atoms with Gasteiger partial charge in [0.1, 0.15) is 5.82 Å². The highest BCUT2D eigenvalue weighted by atomic mass is 79.9. The van der Waals surface area contributed by atoms with Crippen LogP contribution in [0.1, 0.15) is 16.8 Å². The topological polar surface area (TPSA) is 48.5 Å². The van der Waals surface area contributed by atoms with Crippen molar-refractivity contribution in [2.45, 2.75) is 6.42 Å². The normalized spacial score (nSPS) is 16.1. The molecule has 2 rings (SSSR count). The third-order valence-corrected chi connectivity index (χ3v) is 3.55. The van der Waals surface area contributed by atoms with Crippen LogP contribution in [0.15, 0.2) is 16.7 Å². The molecule has 0 atom stereocenters. The molecule has 19 heavy (non-hydrogen) atoms. The van der Waals surface area contributed by atoms with Crippen LogP contribution >= 0.6 is 15.9 Å². The van der Waals surface area contributed by atoms with E-state index in [0.29, 0.717) is 11.4 Å². The summed E-state index contributed by atoms with van der Waals surface area (Å²) in [5.41, 5.74) is 0.654. The third kappa shape index (κ3) is 3.45. The van der Waals surface area contributed by atoms with Crippen LogP contribution in [0.3, 0.4) is 0 Å². The summed E-state index contributed by atoms with van der Waals surface area (Å²) in [5, 5.41) is 3.30. The van der Waals surface area contributed by atoms with E-state index in [1.807, 2.05) is 30.0 Å². The van der Waals surface area contributed by atoms with Crippen LogP contribution in [0.2, 0.25) is 0 Å². The molecule has 0 aliphatic carbocycles. The predicted octanol–water partition coefficient (Wildman–Crippen LogP) is 1.35. The zero-order chi connectivity index (χ0) is 13.8. The van der Waals surface area contributed by atoms with Gasteiger partial charge in [0, 0.05) is 44.4 Å². The lowest BCUT2D eigenvalue weighted by molar-refractivity contribution is 0.0766. The maximum absolute atomic E-state index is 12.6. The molecule has 1 amide bonds. The Morgan fingerprint density at radius 3 is 2.95 bits per heavy atom. The summed E-state index contributed by atoms with van der Waals surface area (Å²) in [6.45, 7) is 3.37. The van der Waals surface area contributed by atoms with E-state index in [2.05, 4.69) is 26.2 Å². The van der Waals surface area contributed by atoms with Crippen LogP contribution < -0.4 is 10.2 Å². The minimum Gasteiger partial charge on any atom is -0.362 e. The van der Waals surface area contributed by atoms with Gasteiger partial charge in [-0.3, -0.25) is 4.79 Å². The minimum atomic E-state index is 0.0567. The molecule has 5 nitrogen and oxygen atoms in total. The van der Waals surface area contributed by atoms with Gasteiger partial charge < -0.3 is 15.1 Å². The Labute approximate surface area is 122 Å². The molecule has 1 aromatic heterocycles. The van der Waals surface area contributed by atoms with Crippen molar-refractivity contribution >= 4 is 27.7 Å². The molecule has 0 spiro atoms. The maximum atomic E-state index is 12.6. The minimum absolute atomic E-state index is 0.0567. The van der Waals surface area contributed by atoms with Crippen molar-refractivity contribution in [2.24, 2.45) is 0 Å². The third-order valence-electron chi connectivity index (χ3n) is 3.11.